The van der Waals surface area contributed by atoms with Crippen LogP contribution in [-0.2, 0) is 11.3 Å². The summed E-state index contributed by atoms with van der Waals surface area (Å²) in [7, 11) is 1.59. The summed E-state index contributed by atoms with van der Waals surface area (Å²) in [5.41, 5.74) is 0.943. The van der Waals surface area contributed by atoms with Crippen LogP contribution < -0.4 is 15.5 Å². The van der Waals surface area contributed by atoms with E-state index in [2.05, 4.69) is 20.6 Å². The maximum atomic E-state index is 13.5. The van der Waals surface area contributed by atoms with Crippen molar-refractivity contribution in [3.05, 3.63) is 75.1 Å². The van der Waals surface area contributed by atoms with Crippen LogP contribution in [-0.4, -0.2) is 35.8 Å². The van der Waals surface area contributed by atoms with E-state index in [1.807, 2.05) is 6.92 Å². The monoisotopic (exact) mass is 511 g/mol. The van der Waals surface area contributed by atoms with Crippen molar-refractivity contribution in [2.24, 2.45) is 0 Å². The van der Waals surface area contributed by atoms with Gasteiger partial charge in [0, 0.05) is 37.0 Å². The number of halogens is 4. The fraction of sp³-hybridized carbons (Fsp3) is 0.227. The van der Waals surface area contributed by atoms with Gasteiger partial charge in [0.05, 0.1) is 22.3 Å². The Labute approximate surface area is 205 Å². The summed E-state index contributed by atoms with van der Waals surface area (Å²) in [5, 5.41) is 6.84. The third kappa shape index (κ3) is 6.68. The van der Waals surface area contributed by atoms with E-state index < -0.39 is 11.8 Å². The molecule has 0 saturated carbocycles. The lowest BCUT2D eigenvalue weighted by molar-refractivity contribution is 0.190. The second kappa shape index (κ2) is 11.5. The minimum absolute atomic E-state index is 0.0523. The van der Waals surface area contributed by atoms with Crippen molar-refractivity contribution in [3.63, 3.8) is 0 Å². The average Bonchev–Trinajstić information content (AvgIpc) is 2.77. The Morgan fingerprint density at radius 2 is 1.91 bits per heavy atom. The molecule has 0 radical (unpaired) electrons. The van der Waals surface area contributed by atoms with Crippen LogP contribution in [0.15, 0.2) is 48.7 Å². The summed E-state index contributed by atoms with van der Waals surface area (Å²) in [6, 6.07) is 9.56. The molecule has 0 saturated heterocycles. The van der Waals surface area contributed by atoms with Gasteiger partial charge in [-0.3, -0.25) is 0 Å². The average molecular weight is 513 g/mol. The lowest BCUT2D eigenvalue weighted by Crippen LogP contribution is -2.37. The molecule has 33 heavy (non-hydrogen) atoms. The van der Waals surface area contributed by atoms with E-state index in [9.17, 15) is 9.18 Å². The topological polar surface area (TPSA) is 79.4 Å². The first-order valence-electron chi connectivity index (χ1n) is 9.84. The van der Waals surface area contributed by atoms with Crippen LogP contribution >= 0.6 is 34.8 Å². The van der Waals surface area contributed by atoms with Gasteiger partial charge in [-0.25, -0.2) is 19.1 Å². The van der Waals surface area contributed by atoms with Crippen LogP contribution in [0.25, 0.3) is 0 Å². The molecule has 1 atom stereocenters. The number of hydrogen-bond acceptors (Lipinski definition) is 5. The highest BCUT2D eigenvalue weighted by molar-refractivity contribution is 6.43. The number of methoxy groups -OCH3 is 1. The Morgan fingerprint density at radius 3 is 2.61 bits per heavy atom. The van der Waals surface area contributed by atoms with E-state index >= 15 is 0 Å². The van der Waals surface area contributed by atoms with Gasteiger partial charge in [-0.15, -0.1) is 0 Å². The summed E-state index contributed by atoms with van der Waals surface area (Å²) < 4.78 is 18.6. The van der Waals surface area contributed by atoms with Gasteiger partial charge < -0.3 is 15.4 Å². The summed E-state index contributed by atoms with van der Waals surface area (Å²) >= 11 is 18.4. The molecular weight excluding hydrogens is 492 g/mol. The van der Waals surface area contributed by atoms with Crippen LogP contribution in [0.3, 0.4) is 0 Å². The molecule has 0 bridgehead atoms. The number of urea groups is 1. The van der Waals surface area contributed by atoms with Crippen molar-refractivity contribution >= 4 is 58.3 Å². The number of carbonyl (C=O) groups is 1. The summed E-state index contributed by atoms with van der Waals surface area (Å²) in [6.07, 6.45) is 1.52. The molecule has 1 heterocycles. The number of benzene rings is 2. The van der Waals surface area contributed by atoms with Crippen molar-refractivity contribution in [2.75, 3.05) is 23.9 Å². The van der Waals surface area contributed by atoms with Crippen LogP contribution in [0.1, 0.15) is 12.5 Å². The van der Waals surface area contributed by atoms with Crippen LogP contribution in [0.2, 0.25) is 15.1 Å². The molecule has 1 aromatic heterocycles. The smallest absolute Gasteiger partial charge is 0.327 e. The molecule has 3 rings (SSSR count). The quantitative estimate of drug-likeness (QED) is 0.358. The molecule has 0 aliphatic carbocycles. The standard InChI is InChI=1S/C22H21Cl3FN5O2/c1-13(12-33-2)29-21-27-8-7-19(30-21)31(17-5-3-16(26)4-6-17)22(32)28-11-14-9-15(23)10-18(24)20(14)25/h3-10,13H,11-12H2,1-2H3,(H,28,32)(H,27,29,30). The van der Waals surface area contributed by atoms with Gasteiger partial charge in [-0.05, 0) is 48.9 Å². The highest BCUT2D eigenvalue weighted by atomic mass is 35.5. The highest BCUT2D eigenvalue weighted by Gasteiger charge is 2.21. The number of anilines is 3. The minimum Gasteiger partial charge on any atom is -0.383 e. The number of aromatic nitrogens is 2. The Kier molecular flexibility index (Phi) is 8.68. The van der Waals surface area contributed by atoms with Crippen LogP contribution in [0, 0.1) is 5.82 Å². The number of nitrogens with zero attached hydrogens (tertiary/aromatic N) is 3. The first-order chi connectivity index (χ1) is 15.8. The molecule has 3 aromatic rings. The van der Waals surface area contributed by atoms with Gasteiger partial charge in [0.25, 0.3) is 0 Å². The van der Waals surface area contributed by atoms with Crippen molar-refractivity contribution in [1.29, 1.82) is 0 Å². The van der Waals surface area contributed by atoms with Crippen molar-refractivity contribution in [1.82, 2.24) is 15.3 Å². The zero-order valence-corrected chi connectivity index (χ0v) is 20.0. The van der Waals surface area contributed by atoms with E-state index in [4.69, 9.17) is 39.5 Å². The predicted molar refractivity (Wildman–Crippen MR) is 129 cm³/mol. The zero-order valence-electron chi connectivity index (χ0n) is 17.8. The predicted octanol–water partition coefficient (Wildman–Crippen LogP) is 6.07. The van der Waals surface area contributed by atoms with Gasteiger partial charge in [0.15, 0.2) is 0 Å². The molecule has 2 N–H and O–H groups in total. The normalized spacial score (nSPS) is 11.7. The summed E-state index contributed by atoms with van der Waals surface area (Å²) in [4.78, 5) is 23.2. The molecule has 0 aliphatic heterocycles. The van der Waals surface area contributed by atoms with Crippen LogP contribution in [0.5, 0.6) is 0 Å². The Morgan fingerprint density at radius 1 is 1.18 bits per heavy atom. The van der Waals surface area contributed by atoms with Gasteiger partial charge in [0.1, 0.15) is 11.6 Å². The Bertz CT molecular complexity index is 1120. The third-order valence-electron chi connectivity index (χ3n) is 4.45. The van der Waals surface area contributed by atoms with E-state index in [0.717, 1.165) is 0 Å². The summed E-state index contributed by atoms with van der Waals surface area (Å²) in [6.45, 7) is 2.40. The van der Waals surface area contributed by atoms with Crippen LogP contribution in [0.4, 0.5) is 26.6 Å². The van der Waals surface area contributed by atoms with Gasteiger partial charge >= 0.3 is 6.03 Å². The van der Waals surface area contributed by atoms with Crippen molar-refractivity contribution in [2.45, 2.75) is 19.5 Å². The number of nitrogens with one attached hydrogen (secondary N) is 2. The third-order valence-corrected chi connectivity index (χ3v) is 5.51. The molecule has 11 heteroatoms. The molecule has 0 spiro atoms. The highest BCUT2D eigenvalue weighted by Crippen LogP contribution is 2.30. The molecule has 1 unspecified atom stereocenters. The first-order valence-corrected chi connectivity index (χ1v) is 11.0. The lowest BCUT2D eigenvalue weighted by atomic mass is 10.2. The summed E-state index contributed by atoms with van der Waals surface area (Å²) in [5.74, 6) is 0.149. The second-order valence-electron chi connectivity index (χ2n) is 7.07. The maximum absolute atomic E-state index is 13.5. The molecule has 2 amide bonds. The number of rotatable bonds is 8. The zero-order chi connectivity index (χ0) is 24.0. The van der Waals surface area contributed by atoms with E-state index in [0.29, 0.717) is 28.8 Å². The van der Waals surface area contributed by atoms with E-state index in [-0.39, 0.29) is 28.4 Å². The molecule has 0 aliphatic rings. The first kappa shape index (κ1) is 25.0. The van der Waals surface area contributed by atoms with Gasteiger partial charge in [-0.1, -0.05) is 34.8 Å². The largest absolute Gasteiger partial charge is 0.383 e. The second-order valence-corrected chi connectivity index (χ2v) is 8.29. The van der Waals surface area contributed by atoms with Crippen molar-refractivity contribution < 1.29 is 13.9 Å². The molecular formula is C22H21Cl3FN5O2. The SMILES string of the molecule is COCC(C)Nc1nccc(N(C(=O)NCc2cc(Cl)cc(Cl)c2Cl)c2ccc(F)cc2)n1. The van der Waals surface area contributed by atoms with Gasteiger partial charge in [0.2, 0.25) is 5.95 Å². The number of ether oxygens (including phenoxy) is 1. The minimum atomic E-state index is -0.525. The maximum Gasteiger partial charge on any atom is 0.327 e. The van der Waals surface area contributed by atoms with E-state index in [1.54, 1.807) is 19.2 Å². The van der Waals surface area contributed by atoms with Crippen molar-refractivity contribution in [3.8, 4) is 0 Å². The Hall–Kier alpha value is -2.65. The van der Waals surface area contributed by atoms with Gasteiger partial charge in [-0.2, -0.15) is 4.98 Å². The fourth-order valence-corrected chi connectivity index (χ4v) is 3.70. The fourth-order valence-electron chi connectivity index (χ4n) is 2.99. The number of hydrogen-bond donors (Lipinski definition) is 2. The number of amides is 2. The molecule has 2 aromatic carbocycles. The molecule has 174 valence electrons. The number of carbonyl (C=O) groups excluding carboxylic acids is 1. The molecule has 0 fully saturated rings. The Balaban J connectivity index is 1.89. The molecule has 7 nitrogen and oxygen atoms in total. The lowest BCUT2D eigenvalue weighted by Gasteiger charge is -2.23. The van der Waals surface area contributed by atoms with E-state index in [1.165, 1.54) is 41.4 Å².